The van der Waals surface area contributed by atoms with E-state index in [1.54, 1.807) is 6.92 Å². The maximum atomic E-state index is 14.1. The second-order valence-corrected chi connectivity index (χ2v) is 8.33. The number of ether oxygens (including phenoxy) is 1. The number of anilines is 3. The normalized spacial score (nSPS) is 11.6. The highest BCUT2D eigenvalue weighted by molar-refractivity contribution is 6.32. The van der Waals surface area contributed by atoms with Gasteiger partial charge in [0.1, 0.15) is 17.4 Å². The number of aryl methyl sites for hydroxylation is 1. The fourth-order valence-corrected chi connectivity index (χ4v) is 3.92. The Morgan fingerprint density at radius 3 is 2.54 bits per heavy atom. The van der Waals surface area contributed by atoms with Gasteiger partial charge in [-0.05, 0) is 43.3 Å². The van der Waals surface area contributed by atoms with Gasteiger partial charge in [0, 0.05) is 25.3 Å². The maximum Gasteiger partial charge on any atom is 0.416 e. The van der Waals surface area contributed by atoms with Gasteiger partial charge in [-0.1, -0.05) is 11.6 Å². The van der Waals surface area contributed by atoms with Gasteiger partial charge in [0.2, 0.25) is 0 Å². The predicted molar refractivity (Wildman–Crippen MR) is 129 cm³/mol. The van der Waals surface area contributed by atoms with Crippen molar-refractivity contribution in [2.24, 2.45) is 7.05 Å². The molecule has 0 fully saturated rings. The Bertz CT molecular complexity index is 1520. The van der Waals surface area contributed by atoms with Crippen molar-refractivity contribution in [3.05, 3.63) is 70.2 Å². The third-order valence-corrected chi connectivity index (χ3v) is 5.59. The van der Waals surface area contributed by atoms with Crippen LogP contribution >= 0.6 is 11.6 Å². The Hall–Kier alpha value is -4.06. The largest absolute Gasteiger partial charge is 0.453 e. The van der Waals surface area contributed by atoms with Crippen LogP contribution in [-0.4, -0.2) is 22.2 Å². The van der Waals surface area contributed by atoms with Gasteiger partial charge in [0.25, 0.3) is 5.91 Å². The van der Waals surface area contributed by atoms with Crippen molar-refractivity contribution in [2.45, 2.75) is 13.1 Å². The monoisotopic (exact) mass is 539 g/mol. The molecule has 1 aromatic heterocycles. The van der Waals surface area contributed by atoms with Crippen molar-refractivity contribution in [2.75, 3.05) is 17.6 Å². The molecule has 0 spiro atoms. The molecule has 0 saturated carbocycles. The second-order valence-electron chi connectivity index (χ2n) is 7.92. The standard InChI is InChI=1S/C24H19ClF5N5O2/c1-3-32-23(36)15-10-17(33-14-7-11(24(28,29)30)6-13(27)8-14)21(19-20(15)35(2)34-22(19)31)37-18-9-12(26)4-5-16(18)25/h4-10,33H,3H2,1-2H3,(H2,31,34)(H,32,36). The van der Waals surface area contributed by atoms with Gasteiger partial charge in [0.15, 0.2) is 11.6 Å². The summed E-state index contributed by atoms with van der Waals surface area (Å²) in [5.74, 6) is -2.73. The topological polar surface area (TPSA) is 94.2 Å². The van der Waals surface area contributed by atoms with Crippen molar-refractivity contribution in [3.63, 3.8) is 0 Å². The Kier molecular flexibility index (Phi) is 6.87. The summed E-state index contributed by atoms with van der Waals surface area (Å²) in [4.78, 5) is 12.9. The average molecular weight is 540 g/mol. The van der Waals surface area contributed by atoms with E-state index in [1.165, 1.54) is 23.9 Å². The zero-order valence-corrected chi connectivity index (χ0v) is 20.1. The number of alkyl halides is 3. The van der Waals surface area contributed by atoms with Gasteiger partial charge < -0.3 is 21.1 Å². The molecule has 4 rings (SSSR count). The molecule has 194 valence electrons. The molecule has 0 aliphatic carbocycles. The van der Waals surface area contributed by atoms with Crippen molar-refractivity contribution in [1.29, 1.82) is 0 Å². The molecule has 0 aliphatic rings. The first-order chi connectivity index (χ1) is 17.4. The summed E-state index contributed by atoms with van der Waals surface area (Å²) >= 11 is 6.17. The number of amides is 1. The van der Waals surface area contributed by atoms with Gasteiger partial charge in [-0.25, -0.2) is 8.78 Å². The van der Waals surface area contributed by atoms with E-state index < -0.39 is 29.3 Å². The lowest BCUT2D eigenvalue weighted by atomic mass is 10.1. The van der Waals surface area contributed by atoms with Crippen LogP contribution in [0.15, 0.2) is 42.5 Å². The third kappa shape index (κ3) is 5.24. The zero-order valence-electron chi connectivity index (χ0n) is 19.3. The lowest BCUT2D eigenvalue weighted by Crippen LogP contribution is -2.23. The highest BCUT2D eigenvalue weighted by atomic mass is 35.5. The van der Waals surface area contributed by atoms with E-state index >= 15 is 0 Å². The van der Waals surface area contributed by atoms with Crippen LogP contribution in [0.5, 0.6) is 11.5 Å². The van der Waals surface area contributed by atoms with Crippen LogP contribution in [-0.2, 0) is 13.2 Å². The number of fused-ring (bicyclic) bond motifs is 1. The van der Waals surface area contributed by atoms with Crippen LogP contribution in [0, 0.1) is 11.6 Å². The summed E-state index contributed by atoms with van der Waals surface area (Å²) in [7, 11) is 1.52. The van der Waals surface area contributed by atoms with E-state index in [4.69, 9.17) is 22.1 Å². The smallest absolute Gasteiger partial charge is 0.416 e. The Balaban J connectivity index is 1.99. The highest BCUT2D eigenvalue weighted by Crippen LogP contribution is 2.45. The van der Waals surface area contributed by atoms with Crippen molar-refractivity contribution < 1.29 is 31.5 Å². The molecule has 0 atom stereocenters. The molecule has 0 aliphatic heterocycles. The van der Waals surface area contributed by atoms with Crippen LogP contribution in [0.25, 0.3) is 10.9 Å². The Morgan fingerprint density at radius 1 is 1.14 bits per heavy atom. The van der Waals surface area contributed by atoms with Crippen LogP contribution < -0.4 is 21.1 Å². The number of hydrogen-bond donors (Lipinski definition) is 3. The highest BCUT2D eigenvalue weighted by Gasteiger charge is 2.32. The molecule has 13 heteroatoms. The van der Waals surface area contributed by atoms with Crippen LogP contribution in [0.4, 0.5) is 39.1 Å². The summed E-state index contributed by atoms with van der Waals surface area (Å²) in [6.07, 6.45) is -4.82. The molecule has 0 unspecified atom stereocenters. The first kappa shape index (κ1) is 26.0. The number of benzene rings is 3. The van der Waals surface area contributed by atoms with Crippen molar-refractivity contribution in [1.82, 2.24) is 15.1 Å². The number of hydrogen-bond acceptors (Lipinski definition) is 5. The Morgan fingerprint density at radius 2 is 1.86 bits per heavy atom. The van der Waals surface area contributed by atoms with Crippen molar-refractivity contribution in [3.8, 4) is 11.5 Å². The summed E-state index contributed by atoms with van der Waals surface area (Å²) in [5.41, 5.74) is 4.79. The van der Waals surface area contributed by atoms with Gasteiger partial charge >= 0.3 is 6.18 Å². The molecule has 1 amide bonds. The van der Waals surface area contributed by atoms with E-state index in [9.17, 15) is 26.7 Å². The molecule has 1 heterocycles. The number of nitrogen functional groups attached to an aromatic ring is 1. The number of halogens is 6. The van der Waals surface area contributed by atoms with Gasteiger partial charge in [-0.2, -0.15) is 18.3 Å². The maximum absolute atomic E-state index is 14.1. The number of nitrogens with one attached hydrogen (secondary N) is 2. The SMILES string of the molecule is CCNC(=O)c1cc(Nc2cc(F)cc(C(F)(F)F)c2)c(Oc2cc(F)ccc2Cl)c2c(N)nn(C)c12. The van der Waals surface area contributed by atoms with Gasteiger partial charge in [-0.3, -0.25) is 9.48 Å². The van der Waals surface area contributed by atoms with Crippen LogP contribution in [0.1, 0.15) is 22.8 Å². The molecule has 4 N–H and O–H groups in total. The number of nitrogens with two attached hydrogens (primary N) is 1. The first-order valence-electron chi connectivity index (χ1n) is 10.7. The summed E-state index contributed by atoms with van der Waals surface area (Å²) < 4.78 is 75.2. The van der Waals surface area contributed by atoms with E-state index in [2.05, 4.69) is 15.7 Å². The fraction of sp³-hybridized carbons (Fsp3) is 0.167. The molecule has 37 heavy (non-hydrogen) atoms. The van der Waals surface area contributed by atoms with Gasteiger partial charge in [-0.15, -0.1) is 0 Å². The number of rotatable bonds is 6. The van der Waals surface area contributed by atoms with E-state index in [1.807, 2.05) is 0 Å². The number of carbonyl (C=O) groups excluding carboxylic acids is 1. The van der Waals surface area contributed by atoms with Crippen molar-refractivity contribution >= 4 is 45.6 Å². The number of carbonyl (C=O) groups is 1. The molecule has 4 aromatic rings. The minimum atomic E-state index is -4.82. The molecule has 0 saturated heterocycles. The van der Waals surface area contributed by atoms with Crippen LogP contribution in [0.2, 0.25) is 5.02 Å². The molecular formula is C24H19ClF5N5O2. The summed E-state index contributed by atoms with van der Waals surface area (Å²) in [6, 6.07) is 6.49. The van der Waals surface area contributed by atoms with Crippen LogP contribution in [0.3, 0.4) is 0 Å². The lowest BCUT2D eigenvalue weighted by Gasteiger charge is -2.18. The third-order valence-electron chi connectivity index (χ3n) is 5.28. The lowest BCUT2D eigenvalue weighted by molar-refractivity contribution is -0.137. The predicted octanol–water partition coefficient (Wildman–Crippen LogP) is 6.39. The van der Waals surface area contributed by atoms with E-state index in [-0.39, 0.29) is 56.7 Å². The molecule has 0 radical (unpaired) electrons. The minimum absolute atomic E-state index is 0.0147. The Labute approximate surface area is 212 Å². The van der Waals surface area contributed by atoms with Gasteiger partial charge in [0.05, 0.1) is 32.7 Å². The second kappa shape index (κ2) is 9.77. The fourth-order valence-electron chi connectivity index (χ4n) is 3.76. The molecule has 0 bridgehead atoms. The molecular weight excluding hydrogens is 521 g/mol. The average Bonchev–Trinajstić information content (AvgIpc) is 3.10. The van der Waals surface area contributed by atoms with E-state index in [0.717, 1.165) is 18.2 Å². The first-order valence-corrected chi connectivity index (χ1v) is 11.1. The number of aromatic nitrogens is 2. The van der Waals surface area contributed by atoms with E-state index in [0.29, 0.717) is 12.1 Å². The summed E-state index contributed by atoms with van der Waals surface area (Å²) in [6.45, 7) is 1.97. The zero-order chi connectivity index (χ0) is 27.1. The number of nitrogens with zero attached hydrogens (tertiary/aromatic N) is 2. The molecule has 3 aromatic carbocycles. The quantitative estimate of drug-likeness (QED) is 0.247. The summed E-state index contributed by atoms with van der Waals surface area (Å²) in [5, 5.41) is 9.56. The minimum Gasteiger partial charge on any atom is -0.453 e. The molecule has 7 nitrogen and oxygen atoms in total.